The molecule has 0 aliphatic carbocycles. The van der Waals surface area contributed by atoms with Crippen LogP contribution in [0.25, 0.3) is 0 Å². The number of fused-ring (bicyclic) bond motifs is 5. The Balaban J connectivity index is 1.99. The van der Waals surface area contributed by atoms with Crippen molar-refractivity contribution in [3.8, 4) is 11.9 Å². The maximum Gasteiger partial charge on any atom is 0.244 e. The molecule has 1 aromatic rings. The van der Waals surface area contributed by atoms with Gasteiger partial charge in [-0.1, -0.05) is 0 Å². The third kappa shape index (κ3) is 1.23. The summed E-state index contributed by atoms with van der Waals surface area (Å²) >= 11 is 0. The Morgan fingerprint density at radius 3 is 3.20 bits per heavy atom. The van der Waals surface area contributed by atoms with E-state index in [2.05, 4.69) is 16.3 Å². The van der Waals surface area contributed by atoms with Gasteiger partial charge in [0.25, 0.3) is 0 Å². The first-order chi connectivity index (χ1) is 9.66. The minimum atomic E-state index is -0.712. The van der Waals surface area contributed by atoms with Gasteiger partial charge in [-0.05, 0) is 19.8 Å². The summed E-state index contributed by atoms with van der Waals surface area (Å²) in [5.41, 5.74) is 7.26. The van der Waals surface area contributed by atoms with Crippen molar-refractivity contribution in [3.63, 3.8) is 0 Å². The van der Waals surface area contributed by atoms with Gasteiger partial charge in [-0.15, -0.1) is 5.10 Å². The van der Waals surface area contributed by atoms with Crippen LogP contribution in [-0.2, 0) is 14.9 Å². The summed E-state index contributed by atoms with van der Waals surface area (Å²) < 4.78 is 17.1. The van der Waals surface area contributed by atoms with Crippen molar-refractivity contribution < 1.29 is 14.2 Å². The molecule has 3 atom stereocenters. The molecule has 20 heavy (non-hydrogen) atoms. The van der Waals surface area contributed by atoms with E-state index in [1.165, 1.54) is 0 Å². The average Bonchev–Trinajstić information content (AvgIpc) is 3.00. The molecule has 7 nitrogen and oxygen atoms in total. The Labute approximate surface area is 115 Å². The number of hydrogen-bond acceptors (Lipinski definition) is 6. The third-order valence-electron chi connectivity index (χ3n) is 4.38. The standard InChI is InChI=1S/C13H14N4O3/c1-6-9-11(17-16-6)20-10(15)8(4-14)13(9)3-2-7-5-18-12(13)19-7/h7,12H,2-3,5,15H2,1H3,(H,16,17)/t7-,12+,13+/m0/s1. The molecule has 0 radical (unpaired) electrons. The monoisotopic (exact) mass is 274 g/mol. The molecule has 3 N–H and O–H groups in total. The van der Waals surface area contributed by atoms with Crippen molar-refractivity contribution in [1.29, 1.82) is 5.26 Å². The van der Waals surface area contributed by atoms with E-state index in [-0.39, 0.29) is 12.0 Å². The zero-order valence-electron chi connectivity index (χ0n) is 11.0. The van der Waals surface area contributed by atoms with Crippen LogP contribution >= 0.6 is 0 Å². The largest absolute Gasteiger partial charge is 0.420 e. The molecule has 1 aromatic heterocycles. The first-order valence-corrected chi connectivity index (χ1v) is 6.57. The van der Waals surface area contributed by atoms with E-state index in [1.54, 1.807) is 0 Å². The number of aromatic nitrogens is 2. The molecule has 104 valence electrons. The zero-order chi connectivity index (χ0) is 13.9. The van der Waals surface area contributed by atoms with Gasteiger partial charge in [0.1, 0.15) is 11.6 Å². The molecule has 2 fully saturated rings. The quantitative estimate of drug-likeness (QED) is 0.716. The Kier molecular flexibility index (Phi) is 2.20. The van der Waals surface area contributed by atoms with Crippen LogP contribution in [0.2, 0.25) is 0 Å². The molecule has 3 aliphatic rings. The van der Waals surface area contributed by atoms with Crippen molar-refractivity contribution in [2.45, 2.75) is 37.6 Å². The molecule has 7 heteroatoms. The first kappa shape index (κ1) is 11.8. The number of nitriles is 1. The molecule has 4 heterocycles. The van der Waals surface area contributed by atoms with Gasteiger partial charge in [0.05, 0.1) is 23.7 Å². The fraction of sp³-hybridized carbons (Fsp3) is 0.538. The maximum atomic E-state index is 9.55. The van der Waals surface area contributed by atoms with Crippen LogP contribution in [-0.4, -0.2) is 29.2 Å². The molecule has 0 saturated carbocycles. The molecule has 0 unspecified atom stereocenters. The van der Waals surface area contributed by atoms with Crippen LogP contribution in [0, 0.1) is 18.3 Å². The fourth-order valence-corrected chi connectivity index (χ4v) is 3.51. The Morgan fingerprint density at radius 1 is 1.55 bits per heavy atom. The van der Waals surface area contributed by atoms with E-state index in [0.717, 1.165) is 24.1 Å². The molecule has 0 aromatic carbocycles. The van der Waals surface area contributed by atoms with Crippen LogP contribution in [0.15, 0.2) is 11.5 Å². The Bertz CT molecular complexity index is 659. The molecule has 3 aliphatic heterocycles. The van der Waals surface area contributed by atoms with Gasteiger partial charge in [-0.25, -0.2) is 0 Å². The zero-order valence-corrected chi connectivity index (χ0v) is 11.0. The second kappa shape index (κ2) is 3.75. The van der Waals surface area contributed by atoms with Crippen LogP contribution in [0.1, 0.15) is 24.1 Å². The highest BCUT2D eigenvalue weighted by molar-refractivity contribution is 5.55. The molecule has 1 spiro atoms. The summed E-state index contributed by atoms with van der Waals surface area (Å²) in [4.78, 5) is 0. The summed E-state index contributed by atoms with van der Waals surface area (Å²) in [5, 5.41) is 16.6. The second-order valence-corrected chi connectivity index (χ2v) is 5.42. The van der Waals surface area contributed by atoms with E-state index in [1.807, 2.05) is 6.92 Å². The van der Waals surface area contributed by atoms with E-state index < -0.39 is 11.7 Å². The molecule has 2 saturated heterocycles. The number of aromatic amines is 1. The number of nitrogens with two attached hydrogens (primary N) is 1. The highest BCUT2D eigenvalue weighted by Gasteiger charge is 2.58. The minimum absolute atomic E-state index is 0.0871. The molecule has 2 bridgehead atoms. The van der Waals surface area contributed by atoms with E-state index in [0.29, 0.717) is 18.1 Å². The highest BCUT2D eigenvalue weighted by Crippen LogP contribution is 2.53. The van der Waals surface area contributed by atoms with E-state index in [4.69, 9.17) is 19.9 Å². The first-order valence-electron chi connectivity index (χ1n) is 6.57. The topological polar surface area (TPSA) is 106 Å². The van der Waals surface area contributed by atoms with Gasteiger partial charge in [0.2, 0.25) is 11.8 Å². The number of rotatable bonds is 0. The van der Waals surface area contributed by atoms with Crippen LogP contribution < -0.4 is 10.5 Å². The Morgan fingerprint density at radius 2 is 2.40 bits per heavy atom. The van der Waals surface area contributed by atoms with Crippen molar-refractivity contribution in [2.75, 3.05) is 6.61 Å². The number of nitrogens with zero attached hydrogens (tertiary/aromatic N) is 2. The number of H-pyrrole nitrogens is 1. The van der Waals surface area contributed by atoms with Crippen molar-refractivity contribution in [2.24, 2.45) is 5.73 Å². The van der Waals surface area contributed by atoms with Crippen molar-refractivity contribution >= 4 is 0 Å². The summed E-state index contributed by atoms with van der Waals surface area (Å²) in [6.07, 6.45) is 1.15. The highest BCUT2D eigenvalue weighted by atomic mass is 16.7. The van der Waals surface area contributed by atoms with Gasteiger partial charge >= 0.3 is 0 Å². The summed E-state index contributed by atoms with van der Waals surface area (Å²) in [6, 6.07) is 2.18. The van der Waals surface area contributed by atoms with Gasteiger partial charge < -0.3 is 19.9 Å². The number of nitrogens with one attached hydrogen (secondary N) is 1. The Hall–Kier alpha value is -2.04. The fourth-order valence-electron chi connectivity index (χ4n) is 3.51. The SMILES string of the molecule is Cc1[nH]nc2c1[C@@]1(CC[C@H]3CO[C@@H]1O3)C(C#N)=C(N)O2. The van der Waals surface area contributed by atoms with Gasteiger partial charge in [-0.2, -0.15) is 5.26 Å². The summed E-state index contributed by atoms with van der Waals surface area (Å²) in [5.74, 6) is 0.501. The predicted molar refractivity (Wildman–Crippen MR) is 66.3 cm³/mol. The maximum absolute atomic E-state index is 9.55. The molecular weight excluding hydrogens is 260 g/mol. The molecule has 0 amide bonds. The third-order valence-corrected chi connectivity index (χ3v) is 4.38. The van der Waals surface area contributed by atoms with E-state index in [9.17, 15) is 5.26 Å². The summed E-state index contributed by atoms with van der Waals surface area (Å²) in [6.45, 7) is 2.45. The lowest BCUT2D eigenvalue weighted by Crippen LogP contribution is -2.48. The smallest absolute Gasteiger partial charge is 0.244 e. The minimum Gasteiger partial charge on any atom is -0.420 e. The molecular formula is C13H14N4O3. The average molecular weight is 274 g/mol. The lowest BCUT2D eigenvalue weighted by atomic mass is 9.68. The number of ether oxygens (including phenoxy) is 3. The van der Waals surface area contributed by atoms with Crippen LogP contribution in [0.3, 0.4) is 0 Å². The second-order valence-electron chi connectivity index (χ2n) is 5.42. The lowest BCUT2D eigenvalue weighted by Gasteiger charge is -2.42. The number of aryl methyl sites for hydroxylation is 1. The van der Waals surface area contributed by atoms with Crippen LogP contribution in [0.5, 0.6) is 5.88 Å². The van der Waals surface area contributed by atoms with Gasteiger partial charge in [0, 0.05) is 5.69 Å². The van der Waals surface area contributed by atoms with Gasteiger partial charge in [-0.3, -0.25) is 5.10 Å². The van der Waals surface area contributed by atoms with E-state index >= 15 is 0 Å². The van der Waals surface area contributed by atoms with Gasteiger partial charge in [0.15, 0.2) is 6.29 Å². The summed E-state index contributed by atoms with van der Waals surface area (Å²) in [7, 11) is 0. The predicted octanol–water partition coefficient (Wildman–Crippen LogP) is 0.578. The molecule has 4 rings (SSSR count). The number of hydrogen-bond donors (Lipinski definition) is 2. The van der Waals surface area contributed by atoms with Crippen molar-refractivity contribution in [3.05, 3.63) is 22.7 Å². The van der Waals surface area contributed by atoms with Crippen molar-refractivity contribution in [1.82, 2.24) is 10.2 Å². The normalized spacial score (nSPS) is 34.8. The lowest BCUT2D eigenvalue weighted by molar-refractivity contribution is -0.126. The van der Waals surface area contributed by atoms with Crippen LogP contribution in [0.4, 0.5) is 0 Å².